The summed E-state index contributed by atoms with van der Waals surface area (Å²) in [7, 11) is 7.18. The largest absolute Gasteiger partial charge is 0.497 e. The molecule has 0 aromatic heterocycles. The monoisotopic (exact) mass is 434 g/mol. The van der Waals surface area contributed by atoms with Gasteiger partial charge in [-0.1, -0.05) is 42.5 Å². The van der Waals surface area contributed by atoms with E-state index in [1.54, 1.807) is 32.4 Å². The van der Waals surface area contributed by atoms with Crippen LogP contribution in [0.3, 0.4) is 0 Å². The molecule has 0 saturated carbocycles. The van der Waals surface area contributed by atoms with Gasteiger partial charge >= 0.3 is 0 Å². The van der Waals surface area contributed by atoms with Crippen LogP contribution in [0.5, 0.6) is 17.2 Å². The number of nitrogens with one attached hydrogen (secondary N) is 1. The smallest absolute Gasteiger partial charge is 0.251 e. The first kappa shape index (κ1) is 23.2. The van der Waals surface area contributed by atoms with E-state index in [1.807, 2.05) is 68.7 Å². The molecule has 0 heterocycles. The van der Waals surface area contributed by atoms with Gasteiger partial charge in [0, 0.05) is 12.1 Å². The highest BCUT2D eigenvalue weighted by Crippen LogP contribution is 2.29. The summed E-state index contributed by atoms with van der Waals surface area (Å²) in [5.74, 6) is 1.73. The molecule has 0 aliphatic rings. The summed E-state index contributed by atoms with van der Waals surface area (Å²) in [6.45, 7) is 0.876. The number of methoxy groups -OCH3 is 2. The molecule has 0 aliphatic carbocycles. The lowest BCUT2D eigenvalue weighted by atomic mass is 10.1. The number of nitrogens with zero attached hydrogens (tertiary/aromatic N) is 1. The van der Waals surface area contributed by atoms with Crippen LogP contribution in [0.2, 0.25) is 0 Å². The second-order valence-electron chi connectivity index (χ2n) is 7.61. The van der Waals surface area contributed by atoms with Crippen molar-refractivity contribution >= 4 is 5.91 Å². The number of hydrogen-bond acceptors (Lipinski definition) is 5. The van der Waals surface area contributed by atoms with Crippen LogP contribution in [0.4, 0.5) is 0 Å². The van der Waals surface area contributed by atoms with Crippen molar-refractivity contribution in [3.63, 3.8) is 0 Å². The summed E-state index contributed by atoms with van der Waals surface area (Å²) in [4.78, 5) is 14.9. The topological polar surface area (TPSA) is 60.0 Å². The normalized spacial score (nSPS) is 11.7. The van der Waals surface area contributed by atoms with E-state index in [4.69, 9.17) is 14.2 Å². The molecule has 0 saturated heterocycles. The molecule has 1 N–H and O–H groups in total. The summed E-state index contributed by atoms with van der Waals surface area (Å²) in [5, 5.41) is 3.03. The molecule has 3 rings (SSSR count). The highest BCUT2D eigenvalue weighted by Gasteiger charge is 2.17. The Balaban J connectivity index is 1.67. The molecule has 0 spiro atoms. The van der Waals surface area contributed by atoms with Crippen LogP contribution < -0.4 is 19.5 Å². The summed E-state index contributed by atoms with van der Waals surface area (Å²) in [5.41, 5.74) is 2.64. The van der Waals surface area contributed by atoms with E-state index in [-0.39, 0.29) is 11.9 Å². The molecule has 3 aromatic rings. The lowest BCUT2D eigenvalue weighted by Gasteiger charge is -2.25. The van der Waals surface area contributed by atoms with E-state index in [2.05, 4.69) is 10.2 Å². The van der Waals surface area contributed by atoms with Gasteiger partial charge in [-0.25, -0.2) is 0 Å². The van der Waals surface area contributed by atoms with Gasteiger partial charge in [0.05, 0.1) is 20.3 Å². The highest BCUT2D eigenvalue weighted by atomic mass is 16.5. The van der Waals surface area contributed by atoms with Crippen molar-refractivity contribution in [1.82, 2.24) is 10.2 Å². The van der Waals surface area contributed by atoms with E-state index < -0.39 is 0 Å². The second-order valence-corrected chi connectivity index (χ2v) is 7.61. The first-order valence-electron chi connectivity index (χ1n) is 10.4. The first-order valence-corrected chi connectivity index (χ1v) is 10.4. The number of amides is 1. The van der Waals surface area contributed by atoms with Gasteiger partial charge in [0.1, 0.15) is 12.4 Å². The maximum absolute atomic E-state index is 12.8. The molecular weight excluding hydrogens is 404 g/mol. The summed E-state index contributed by atoms with van der Waals surface area (Å²) >= 11 is 0. The van der Waals surface area contributed by atoms with Crippen LogP contribution in [-0.2, 0) is 6.61 Å². The zero-order chi connectivity index (χ0) is 22.9. The lowest BCUT2D eigenvalue weighted by molar-refractivity contribution is 0.0941. The Morgan fingerprint density at radius 2 is 1.69 bits per heavy atom. The standard InChI is InChI=1S/C26H30N2O4/c1-28(2)23(20-11-8-12-22(15-20)30-3)17-27-26(29)21-13-14-24(25(16-21)31-4)32-18-19-9-6-5-7-10-19/h5-16,23H,17-18H2,1-4H3,(H,27,29)/t23-/m0/s1. The van der Waals surface area contributed by atoms with Crippen LogP contribution in [0.1, 0.15) is 27.5 Å². The minimum absolute atomic E-state index is 0.00410. The van der Waals surface area contributed by atoms with Crippen LogP contribution in [-0.4, -0.2) is 45.7 Å². The number of rotatable bonds is 10. The van der Waals surface area contributed by atoms with Crippen molar-refractivity contribution in [3.05, 3.63) is 89.5 Å². The van der Waals surface area contributed by atoms with Gasteiger partial charge < -0.3 is 24.4 Å². The molecule has 1 atom stereocenters. The summed E-state index contributed by atoms with van der Waals surface area (Å²) < 4.78 is 16.7. The van der Waals surface area contributed by atoms with Crippen LogP contribution >= 0.6 is 0 Å². The quantitative estimate of drug-likeness (QED) is 0.515. The second kappa shape index (κ2) is 11.2. The average molecular weight is 435 g/mol. The molecular formula is C26H30N2O4. The molecule has 6 nitrogen and oxygen atoms in total. The van der Waals surface area contributed by atoms with Gasteiger partial charge in [0.25, 0.3) is 5.91 Å². The molecule has 0 unspecified atom stereocenters. The third-order valence-electron chi connectivity index (χ3n) is 5.22. The van der Waals surface area contributed by atoms with Gasteiger partial charge in [0.2, 0.25) is 0 Å². The molecule has 0 bridgehead atoms. The van der Waals surface area contributed by atoms with Crippen molar-refractivity contribution in [1.29, 1.82) is 0 Å². The Hall–Kier alpha value is -3.51. The fourth-order valence-electron chi connectivity index (χ4n) is 3.40. The first-order chi connectivity index (χ1) is 15.5. The molecule has 0 radical (unpaired) electrons. The molecule has 0 aliphatic heterocycles. The highest BCUT2D eigenvalue weighted by molar-refractivity contribution is 5.94. The minimum Gasteiger partial charge on any atom is -0.497 e. The van der Waals surface area contributed by atoms with Crippen molar-refractivity contribution in [2.45, 2.75) is 12.6 Å². The third-order valence-corrected chi connectivity index (χ3v) is 5.22. The zero-order valence-electron chi connectivity index (χ0n) is 19.0. The van der Waals surface area contributed by atoms with E-state index >= 15 is 0 Å². The van der Waals surface area contributed by atoms with E-state index in [9.17, 15) is 4.79 Å². The summed E-state index contributed by atoms with van der Waals surface area (Å²) in [6, 6.07) is 23.0. The third kappa shape index (κ3) is 6.02. The van der Waals surface area contributed by atoms with E-state index in [0.717, 1.165) is 16.9 Å². The minimum atomic E-state index is -0.173. The van der Waals surface area contributed by atoms with Crippen molar-refractivity contribution < 1.29 is 19.0 Å². The Morgan fingerprint density at radius 3 is 2.38 bits per heavy atom. The SMILES string of the molecule is COc1cccc([C@H](CNC(=O)c2ccc(OCc3ccccc3)c(OC)c2)N(C)C)c1. The van der Waals surface area contributed by atoms with E-state index in [0.29, 0.717) is 30.2 Å². The van der Waals surface area contributed by atoms with Crippen molar-refractivity contribution in [2.24, 2.45) is 0 Å². The predicted octanol–water partition coefficient (Wildman–Crippen LogP) is 4.32. The molecule has 3 aromatic carbocycles. The molecule has 6 heteroatoms. The molecule has 0 fully saturated rings. The Morgan fingerprint density at radius 1 is 0.906 bits per heavy atom. The van der Waals surface area contributed by atoms with E-state index in [1.165, 1.54) is 0 Å². The van der Waals surface area contributed by atoms with Crippen molar-refractivity contribution in [2.75, 3.05) is 34.9 Å². The summed E-state index contributed by atoms with van der Waals surface area (Å²) in [6.07, 6.45) is 0. The molecule has 1 amide bonds. The lowest BCUT2D eigenvalue weighted by Crippen LogP contribution is -2.34. The molecule has 168 valence electrons. The molecule has 32 heavy (non-hydrogen) atoms. The van der Waals surface area contributed by atoms with Gasteiger partial charge in [0.15, 0.2) is 11.5 Å². The number of carbonyl (C=O) groups excluding carboxylic acids is 1. The fraction of sp³-hybridized carbons (Fsp3) is 0.269. The van der Waals surface area contributed by atoms with Crippen LogP contribution in [0, 0.1) is 0 Å². The van der Waals surface area contributed by atoms with Gasteiger partial charge in [-0.05, 0) is 55.6 Å². The van der Waals surface area contributed by atoms with Crippen LogP contribution in [0.15, 0.2) is 72.8 Å². The number of likely N-dealkylation sites (N-methyl/N-ethyl adjacent to an activating group) is 1. The Bertz CT molecular complexity index is 1020. The van der Waals surface area contributed by atoms with Gasteiger partial charge in [-0.2, -0.15) is 0 Å². The van der Waals surface area contributed by atoms with Crippen LogP contribution in [0.25, 0.3) is 0 Å². The number of hydrogen-bond donors (Lipinski definition) is 1. The number of benzene rings is 3. The zero-order valence-corrected chi connectivity index (χ0v) is 19.0. The Kier molecular flexibility index (Phi) is 8.11. The Labute approximate surface area is 189 Å². The number of carbonyl (C=O) groups is 1. The van der Waals surface area contributed by atoms with Gasteiger partial charge in [-0.15, -0.1) is 0 Å². The number of ether oxygens (including phenoxy) is 3. The van der Waals surface area contributed by atoms with Crippen molar-refractivity contribution in [3.8, 4) is 17.2 Å². The fourth-order valence-corrected chi connectivity index (χ4v) is 3.40. The average Bonchev–Trinajstić information content (AvgIpc) is 2.83. The van der Waals surface area contributed by atoms with Gasteiger partial charge in [-0.3, -0.25) is 4.79 Å². The maximum Gasteiger partial charge on any atom is 0.251 e. The predicted molar refractivity (Wildman–Crippen MR) is 126 cm³/mol. The maximum atomic E-state index is 12.8.